The number of ether oxygens (including phenoxy) is 1. The highest BCUT2D eigenvalue weighted by Crippen LogP contribution is 2.34. The Morgan fingerprint density at radius 2 is 1.96 bits per heavy atom. The SMILES string of the molecule is COc1cc(Cl)c(C)cc1NC(C(=O)NC1CC1)c1ccccc1. The number of anilines is 1. The Labute approximate surface area is 147 Å². The van der Waals surface area contributed by atoms with E-state index in [2.05, 4.69) is 10.6 Å². The summed E-state index contributed by atoms with van der Waals surface area (Å²) in [5.74, 6) is 0.587. The van der Waals surface area contributed by atoms with Crippen LogP contribution in [-0.2, 0) is 4.79 Å². The molecule has 5 heteroatoms. The van der Waals surface area contributed by atoms with Crippen molar-refractivity contribution < 1.29 is 9.53 Å². The molecule has 2 N–H and O–H groups in total. The van der Waals surface area contributed by atoms with Crippen LogP contribution in [0.25, 0.3) is 0 Å². The Bertz CT molecular complexity index is 730. The molecule has 1 amide bonds. The molecule has 0 aliphatic heterocycles. The minimum atomic E-state index is -0.485. The highest BCUT2D eigenvalue weighted by Gasteiger charge is 2.29. The van der Waals surface area contributed by atoms with Crippen molar-refractivity contribution in [1.82, 2.24) is 5.32 Å². The van der Waals surface area contributed by atoms with Crippen LogP contribution in [0.3, 0.4) is 0 Å². The number of amides is 1. The predicted octanol–water partition coefficient (Wildman–Crippen LogP) is 4.09. The second-order valence-corrected chi connectivity index (χ2v) is 6.48. The van der Waals surface area contributed by atoms with E-state index in [-0.39, 0.29) is 5.91 Å². The van der Waals surface area contributed by atoms with E-state index in [1.54, 1.807) is 13.2 Å². The van der Waals surface area contributed by atoms with Crippen LogP contribution in [0, 0.1) is 6.92 Å². The smallest absolute Gasteiger partial charge is 0.247 e. The first kappa shape index (κ1) is 16.7. The molecule has 4 nitrogen and oxygen atoms in total. The zero-order valence-electron chi connectivity index (χ0n) is 13.8. The third kappa shape index (κ3) is 3.82. The lowest BCUT2D eigenvalue weighted by Gasteiger charge is -2.22. The fourth-order valence-electron chi connectivity index (χ4n) is 2.56. The lowest BCUT2D eigenvalue weighted by molar-refractivity contribution is -0.122. The van der Waals surface area contributed by atoms with Gasteiger partial charge in [0.1, 0.15) is 11.8 Å². The first-order chi connectivity index (χ1) is 11.6. The molecule has 3 rings (SSSR count). The number of hydrogen-bond acceptors (Lipinski definition) is 3. The van der Waals surface area contributed by atoms with Gasteiger partial charge in [-0.05, 0) is 37.0 Å². The first-order valence-electron chi connectivity index (χ1n) is 8.04. The monoisotopic (exact) mass is 344 g/mol. The fourth-order valence-corrected chi connectivity index (χ4v) is 2.71. The van der Waals surface area contributed by atoms with Gasteiger partial charge in [0.2, 0.25) is 5.91 Å². The van der Waals surface area contributed by atoms with Gasteiger partial charge in [-0.25, -0.2) is 0 Å². The second-order valence-electron chi connectivity index (χ2n) is 6.07. The highest BCUT2D eigenvalue weighted by molar-refractivity contribution is 6.31. The van der Waals surface area contributed by atoms with Gasteiger partial charge in [0, 0.05) is 17.1 Å². The van der Waals surface area contributed by atoms with E-state index in [4.69, 9.17) is 16.3 Å². The third-order valence-electron chi connectivity index (χ3n) is 4.10. The molecule has 1 fully saturated rings. The van der Waals surface area contributed by atoms with E-state index in [1.807, 2.05) is 43.3 Å². The molecule has 0 heterocycles. The molecule has 24 heavy (non-hydrogen) atoms. The zero-order valence-corrected chi connectivity index (χ0v) is 14.6. The van der Waals surface area contributed by atoms with E-state index in [0.717, 1.165) is 29.7 Å². The largest absolute Gasteiger partial charge is 0.495 e. The van der Waals surface area contributed by atoms with Crippen LogP contribution < -0.4 is 15.4 Å². The van der Waals surface area contributed by atoms with Crippen molar-refractivity contribution in [2.75, 3.05) is 12.4 Å². The van der Waals surface area contributed by atoms with Gasteiger partial charge in [-0.2, -0.15) is 0 Å². The highest BCUT2D eigenvalue weighted by atomic mass is 35.5. The van der Waals surface area contributed by atoms with Gasteiger partial charge in [-0.3, -0.25) is 4.79 Å². The van der Waals surface area contributed by atoms with Crippen LogP contribution in [0.2, 0.25) is 5.02 Å². The Balaban J connectivity index is 1.91. The molecule has 0 aromatic heterocycles. The molecule has 1 atom stereocenters. The van der Waals surface area contributed by atoms with Crippen molar-refractivity contribution in [3.63, 3.8) is 0 Å². The number of carbonyl (C=O) groups is 1. The Kier molecular flexibility index (Phi) is 4.95. The zero-order chi connectivity index (χ0) is 17.1. The van der Waals surface area contributed by atoms with Gasteiger partial charge >= 0.3 is 0 Å². The molecule has 1 unspecified atom stereocenters. The molecule has 1 aliphatic rings. The van der Waals surface area contributed by atoms with Crippen LogP contribution in [0.5, 0.6) is 5.75 Å². The summed E-state index contributed by atoms with van der Waals surface area (Å²) in [6, 6.07) is 13.2. The van der Waals surface area contributed by atoms with Crippen LogP contribution in [0.15, 0.2) is 42.5 Å². The number of carbonyl (C=O) groups excluding carboxylic acids is 1. The Morgan fingerprint density at radius 3 is 2.58 bits per heavy atom. The summed E-state index contributed by atoms with van der Waals surface area (Å²) in [6.07, 6.45) is 2.10. The number of halogens is 1. The van der Waals surface area contributed by atoms with Gasteiger partial charge in [0.05, 0.1) is 12.8 Å². The summed E-state index contributed by atoms with van der Waals surface area (Å²) in [4.78, 5) is 12.7. The van der Waals surface area contributed by atoms with Crippen molar-refractivity contribution in [2.24, 2.45) is 0 Å². The quantitative estimate of drug-likeness (QED) is 0.829. The third-order valence-corrected chi connectivity index (χ3v) is 4.51. The maximum absolute atomic E-state index is 12.7. The molecule has 1 saturated carbocycles. The number of benzene rings is 2. The van der Waals surface area contributed by atoms with E-state index < -0.39 is 6.04 Å². The van der Waals surface area contributed by atoms with E-state index in [1.165, 1.54) is 0 Å². The van der Waals surface area contributed by atoms with Crippen molar-refractivity contribution in [1.29, 1.82) is 0 Å². The molecule has 0 bridgehead atoms. The minimum absolute atomic E-state index is 0.0293. The van der Waals surface area contributed by atoms with Crippen molar-refractivity contribution in [2.45, 2.75) is 31.8 Å². The molecule has 0 radical (unpaired) electrons. The number of hydrogen-bond donors (Lipinski definition) is 2. The van der Waals surface area contributed by atoms with Gasteiger partial charge in [0.25, 0.3) is 0 Å². The second kappa shape index (κ2) is 7.14. The molecular weight excluding hydrogens is 324 g/mol. The molecule has 2 aromatic carbocycles. The van der Waals surface area contributed by atoms with Crippen molar-refractivity contribution in [3.05, 3.63) is 58.6 Å². The molecule has 1 aliphatic carbocycles. The van der Waals surface area contributed by atoms with Gasteiger partial charge in [0.15, 0.2) is 0 Å². The van der Waals surface area contributed by atoms with Crippen LogP contribution in [0.1, 0.15) is 30.0 Å². The number of rotatable bonds is 6. The molecule has 2 aromatic rings. The topological polar surface area (TPSA) is 50.4 Å². The molecular formula is C19H21ClN2O2. The number of methoxy groups -OCH3 is 1. The molecule has 0 spiro atoms. The normalized spacial score (nSPS) is 14.8. The van der Waals surface area contributed by atoms with Crippen LogP contribution >= 0.6 is 11.6 Å². The summed E-state index contributed by atoms with van der Waals surface area (Å²) in [6.45, 7) is 1.93. The average molecular weight is 345 g/mol. The lowest BCUT2D eigenvalue weighted by atomic mass is 10.0. The summed E-state index contributed by atoms with van der Waals surface area (Å²) in [5.41, 5.74) is 2.58. The Hall–Kier alpha value is -2.20. The number of aryl methyl sites for hydroxylation is 1. The average Bonchev–Trinajstić information content (AvgIpc) is 3.40. The van der Waals surface area contributed by atoms with Gasteiger partial charge in [-0.15, -0.1) is 0 Å². The summed E-state index contributed by atoms with van der Waals surface area (Å²) >= 11 is 6.17. The van der Waals surface area contributed by atoms with Crippen molar-refractivity contribution in [3.8, 4) is 5.75 Å². The standard InChI is InChI=1S/C19H21ClN2O2/c1-12-10-16(17(24-2)11-15(12)20)22-18(13-6-4-3-5-7-13)19(23)21-14-8-9-14/h3-7,10-11,14,18,22H,8-9H2,1-2H3,(H,21,23). The van der Waals surface area contributed by atoms with Gasteiger partial charge < -0.3 is 15.4 Å². The van der Waals surface area contributed by atoms with Crippen LogP contribution in [0.4, 0.5) is 5.69 Å². The lowest BCUT2D eigenvalue weighted by Crippen LogP contribution is -2.34. The molecule has 0 saturated heterocycles. The van der Waals surface area contributed by atoms with Crippen molar-refractivity contribution >= 4 is 23.2 Å². The first-order valence-corrected chi connectivity index (χ1v) is 8.42. The van der Waals surface area contributed by atoms with E-state index in [0.29, 0.717) is 16.8 Å². The Morgan fingerprint density at radius 1 is 1.25 bits per heavy atom. The van der Waals surface area contributed by atoms with E-state index in [9.17, 15) is 4.79 Å². The maximum atomic E-state index is 12.7. The van der Waals surface area contributed by atoms with E-state index >= 15 is 0 Å². The summed E-state index contributed by atoms with van der Waals surface area (Å²) < 4.78 is 5.41. The summed E-state index contributed by atoms with van der Waals surface area (Å²) in [5, 5.41) is 7.02. The maximum Gasteiger partial charge on any atom is 0.247 e. The molecule has 126 valence electrons. The predicted molar refractivity (Wildman–Crippen MR) is 96.7 cm³/mol. The minimum Gasteiger partial charge on any atom is -0.495 e. The fraction of sp³-hybridized carbons (Fsp3) is 0.316. The summed E-state index contributed by atoms with van der Waals surface area (Å²) in [7, 11) is 1.59. The van der Waals surface area contributed by atoms with Crippen LogP contribution in [-0.4, -0.2) is 19.1 Å². The number of nitrogens with one attached hydrogen (secondary N) is 2. The van der Waals surface area contributed by atoms with Gasteiger partial charge in [-0.1, -0.05) is 41.9 Å².